The highest BCUT2D eigenvalue weighted by atomic mass is 79.9. The summed E-state index contributed by atoms with van der Waals surface area (Å²) in [5.41, 5.74) is 0.825. The highest BCUT2D eigenvalue weighted by Gasteiger charge is 2.14. The third-order valence-electron chi connectivity index (χ3n) is 2.12. The number of nitrogens with zero attached hydrogens (tertiary/aromatic N) is 2. The van der Waals surface area contributed by atoms with E-state index in [1.54, 1.807) is 12.3 Å². The molecule has 0 bridgehead atoms. The maximum atomic E-state index is 11.0. The number of hydrogen-bond acceptors (Lipinski definition) is 4. The first-order chi connectivity index (χ1) is 8.58. The summed E-state index contributed by atoms with van der Waals surface area (Å²) >= 11 is 3.31. The third-order valence-corrected chi connectivity index (χ3v) is 2.69. The molecule has 2 aromatic rings. The van der Waals surface area contributed by atoms with Crippen molar-refractivity contribution in [3.05, 3.63) is 46.3 Å². The average Bonchev–Trinajstić information content (AvgIpc) is 2.33. The van der Waals surface area contributed by atoms with Crippen LogP contribution in [0.3, 0.4) is 0 Å². The monoisotopic (exact) mass is 308 g/mol. The van der Waals surface area contributed by atoms with Gasteiger partial charge in [0.05, 0.1) is 4.47 Å². The number of aromatic carboxylic acids is 1. The van der Waals surface area contributed by atoms with Gasteiger partial charge < -0.3 is 9.84 Å². The van der Waals surface area contributed by atoms with E-state index in [9.17, 15) is 4.79 Å². The first-order valence-electron chi connectivity index (χ1n) is 5.06. The lowest BCUT2D eigenvalue weighted by molar-refractivity contribution is 0.0687. The molecule has 2 rings (SSSR count). The molecular formula is C12H9BrN2O3. The van der Waals surface area contributed by atoms with Gasteiger partial charge in [-0.2, -0.15) is 0 Å². The number of carboxylic acids is 1. The van der Waals surface area contributed by atoms with Crippen molar-refractivity contribution in [2.24, 2.45) is 0 Å². The molecule has 0 aliphatic carbocycles. The van der Waals surface area contributed by atoms with Crippen LogP contribution in [0.25, 0.3) is 0 Å². The first kappa shape index (κ1) is 12.5. The van der Waals surface area contributed by atoms with Crippen LogP contribution in [0.2, 0.25) is 0 Å². The lowest BCUT2D eigenvalue weighted by Crippen LogP contribution is -2.03. The lowest BCUT2D eigenvalue weighted by atomic mass is 10.3. The highest BCUT2D eigenvalue weighted by molar-refractivity contribution is 9.10. The molecule has 0 unspecified atom stereocenters. The lowest BCUT2D eigenvalue weighted by Gasteiger charge is -2.08. The minimum atomic E-state index is -1.14. The Morgan fingerprint density at radius 3 is 2.89 bits per heavy atom. The van der Waals surface area contributed by atoms with Gasteiger partial charge in [0.2, 0.25) is 5.88 Å². The van der Waals surface area contributed by atoms with Gasteiger partial charge in [-0.1, -0.05) is 0 Å². The molecular weight excluding hydrogens is 300 g/mol. The Kier molecular flexibility index (Phi) is 3.57. The number of halogens is 1. The number of ether oxygens (including phenoxy) is 1. The van der Waals surface area contributed by atoms with E-state index >= 15 is 0 Å². The molecule has 2 aromatic heterocycles. The maximum absolute atomic E-state index is 11.0. The number of aryl methyl sites for hydroxylation is 1. The Labute approximate surface area is 112 Å². The van der Waals surface area contributed by atoms with Crippen molar-refractivity contribution in [1.29, 1.82) is 0 Å². The minimum Gasteiger partial charge on any atom is -0.476 e. The Bertz CT molecular complexity index is 602. The van der Waals surface area contributed by atoms with E-state index in [0.29, 0.717) is 10.4 Å². The van der Waals surface area contributed by atoms with Crippen LogP contribution < -0.4 is 4.74 Å². The fourth-order valence-corrected chi connectivity index (χ4v) is 1.88. The molecule has 1 N–H and O–H groups in total. The van der Waals surface area contributed by atoms with Crippen LogP contribution >= 0.6 is 15.9 Å². The van der Waals surface area contributed by atoms with Crippen molar-refractivity contribution in [3.8, 4) is 11.6 Å². The molecule has 6 heteroatoms. The molecule has 0 saturated heterocycles. The van der Waals surface area contributed by atoms with Gasteiger partial charge >= 0.3 is 5.97 Å². The average molecular weight is 309 g/mol. The molecule has 5 nitrogen and oxygen atoms in total. The number of pyridine rings is 2. The summed E-state index contributed by atoms with van der Waals surface area (Å²) in [7, 11) is 0. The van der Waals surface area contributed by atoms with E-state index in [2.05, 4.69) is 25.9 Å². The Morgan fingerprint density at radius 2 is 2.22 bits per heavy atom. The van der Waals surface area contributed by atoms with Gasteiger partial charge in [-0.3, -0.25) is 0 Å². The van der Waals surface area contributed by atoms with Gasteiger partial charge in [-0.25, -0.2) is 14.8 Å². The van der Waals surface area contributed by atoms with Crippen molar-refractivity contribution < 1.29 is 14.6 Å². The molecule has 0 fully saturated rings. The summed E-state index contributed by atoms with van der Waals surface area (Å²) in [6.45, 7) is 1.90. The fourth-order valence-electron chi connectivity index (χ4n) is 1.33. The quantitative estimate of drug-likeness (QED) is 0.943. The smallest absolute Gasteiger partial charge is 0.358 e. The SMILES string of the molecule is Cc1cnc(Oc2cccnc2C(=O)O)c(Br)c1. The summed E-state index contributed by atoms with van der Waals surface area (Å²) < 4.78 is 6.11. The molecule has 0 radical (unpaired) electrons. The van der Waals surface area contributed by atoms with Crippen molar-refractivity contribution in [1.82, 2.24) is 9.97 Å². The van der Waals surface area contributed by atoms with Gasteiger partial charge in [0.25, 0.3) is 0 Å². The predicted octanol–water partition coefficient (Wildman–Crippen LogP) is 3.04. The van der Waals surface area contributed by atoms with E-state index in [0.717, 1.165) is 5.56 Å². The molecule has 0 aliphatic heterocycles. The number of hydrogen-bond donors (Lipinski definition) is 1. The van der Waals surface area contributed by atoms with Crippen LogP contribution in [-0.4, -0.2) is 21.0 Å². The summed E-state index contributed by atoms with van der Waals surface area (Å²) in [4.78, 5) is 18.8. The summed E-state index contributed by atoms with van der Waals surface area (Å²) in [5.74, 6) is -0.688. The van der Waals surface area contributed by atoms with Crippen LogP contribution in [0.15, 0.2) is 35.1 Å². The molecule has 2 heterocycles. The highest BCUT2D eigenvalue weighted by Crippen LogP contribution is 2.29. The second kappa shape index (κ2) is 5.14. The first-order valence-corrected chi connectivity index (χ1v) is 5.85. The number of rotatable bonds is 3. The van der Waals surface area contributed by atoms with E-state index in [1.807, 2.05) is 13.0 Å². The fraction of sp³-hybridized carbons (Fsp3) is 0.0833. The summed E-state index contributed by atoms with van der Waals surface area (Å²) in [6, 6.07) is 4.97. The molecule has 18 heavy (non-hydrogen) atoms. The minimum absolute atomic E-state index is 0.147. The zero-order chi connectivity index (χ0) is 13.1. The zero-order valence-electron chi connectivity index (χ0n) is 9.42. The molecule has 92 valence electrons. The van der Waals surface area contributed by atoms with Gasteiger partial charge in [0.1, 0.15) is 0 Å². The number of carbonyl (C=O) groups is 1. The Morgan fingerprint density at radius 1 is 1.44 bits per heavy atom. The zero-order valence-corrected chi connectivity index (χ0v) is 11.0. The molecule has 0 aromatic carbocycles. The van der Waals surface area contributed by atoms with E-state index in [1.165, 1.54) is 12.3 Å². The normalized spacial score (nSPS) is 10.1. The van der Waals surface area contributed by atoms with E-state index in [-0.39, 0.29) is 11.4 Å². The van der Waals surface area contributed by atoms with Gasteiger partial charge in [0, 0.05) is 12.4 Å². The summed E-state index contributed by atoms with van der Waals surface area (Å²) in [6.07, 6.45) is 3.03. The van der Waals surface area contributed by atoms with Gasteiger partial charge in [-0.15, -0.1) is 0 Å². The van der Waals surface area contributed by atoms with E-state index < -0.39 is 5.97 Å². The number of carboxylic acid groups (broad SMARTS) is 1. The third kappa shape index (κ3) is 2.65. The van der Waals surface area contributed by atoms with Crippen LogP contribution in [0, 0.1) is 6.92 Å². The summed E-state index contributed by atoms with van der Waals surface area (Å²) in [5, 5.41) is 8.98. The number of aromatic nitrogens is 2. The van der Waals surface area contributed by atoms with Crippen molar-refractivity contribution >= 4 is 21.9 Å². The van der Waals surface area contributed by atoms with Crippen LogP contribution in [0.4, 0.5) is 0 Å². The van der Waals surface area contributed by atoms with Crippen molar-refractivity contribution in [3.63, 3.8) is 0 Å². The van der Waals surface area contributed by atoms with Crippen LogP contribution in [0.1, 0.15) is 16.1 Å². The topological polar surface area (TPSA) is 72.3 Å². The van der Waals surface area contributed by atoms with Crippen LogP contribution in [-0.2, 0) is 0 Å². The molecule has 0 atom stereocenters. The Hall–Kier alpha value is -1.95. The van der Waals surface area contributed by atoms with Crippen molar-refractivity contribution in [2.45, 2.75) is 6.92 Å². The second-order valence-corrected chi connectivity index (χ2v) is 4.41. The van der Waals surface area contributed by atoms with Crippen molar-refractivity contribution in [2.75, 3.05) is 0 Å². The molecule has 0 saturated carbocycles. The largest absolute Gasteiger partial charge is 0.476 e. The maximum Gasteiger partial charge on any atom is 0.358 e. The predicted molar refractivity (Wildman–Crippen MR) is 67.9 cm³/mol. The Balaban J connectivity index is 2.37. The van der Waals surface area contributed by atoms with Crippen LogP contribution in [0.5, 0.6) is 11.6 Å². The standard InChI is InChI=1S/C12H9BrN2O3/c1-7-5-8(13)11(15-6-7)18-9-3-2-4-14-10(9)12(16)17/h2-6H,1H3,(H,16,17). The molecule has 0 amide bonds. The second-order valence-electron chi connectivity index (χ2n) is 3.56. The molecule has 0 aliphatic rings. The van der Waals surface area contributed by atoms with Gasteiger partial charge in [0.15, 0.2) is 11.4 Å². The van der Waals surface area contributed by atoms with Gasteiger partial charge in [-0.05, 0) is 46.6 Å². The molecule has 0 spiro atoms. The van der Waals surface area contributed by atoms with E-state index in [4.69, 9.17) is 9.84 Å².